The molecule has 2 fully saturated rings. The smallest absolute Gasteiger partial charge is 0.410 e. The third kappa shape index (κ3) is 5.91. The van der Waals surface area contributed by atoms with Gasteiger partial charge in [-0.1, -0.05) is 0 Å². The summed E-state index contributed by atoms with van der Waals surface area (Å²) in [5.74, 6) is 0.784. The molecule has 0 unspecified atom stereocenters. The molecule has 2 aliphatic rings. The van der Waals surface area contributed by atoms with Gasteiger partial charge in [0.15, 0.2) is 5.78 Å². The molecule has 194 valence electrons. The number of hydrogen-bond acceptors (Lipinski definition) is 5. The van der Waals surface area contributed by atoms with Crippen molar-refractivity contribution in [3.63, 3.8) is 0 Å². The molecule has 1 aromatic heterocycles. The van der Waals surface area contributed by atoms with Gasteiger partial charge in [-0.05, 0) is 82.9 Å². The molecule has 0 N–H and O–H groups in total. The zero-order valence-corrected chi connectivity index (χ0v) is 21.7. The summed E-state index contributed by atoms with van der Waals surface area (Å²) in [6, 6.07) is 11.2. The second kappa shape index (κ2) is 10.8. The lowest BCUT2D eigenvalue weighted by molar-refractivity contribution is 0.0186. The van der Waals surface area contributed by atoms with E-state index in [1.165, 1.54) is 0 Å². The summed E-state index contributed by atoms with van der Waals surface area (Å²) in [5, 5.41) is 0. The molecule has 2 amide bonds. The Morgan fingerprint density at radius 1 is 0.861 bits per heavy atom. The first-order valence-corrected chi connectivity index (χ1v) is 12.8. The third-order valence-corrected chi connectivity index (χ3v) is 7.04. The average molecular weight is 496 g/mol. The van der Waals surface area contributed by atoms with E-state index in [1.54, 1.807) is 36.3 Å². The number of hydrogen-bond donors (Lipinski definition) is 0. The number of Topliss-reactive ketones (excluding diaryl/α,β-unsaturated/α-hetero) is 1. The quantitative estimate of drug-likeness (QED) is 0.557. The number of nitrogens with zero attached hydrogens (tertiary/aromatic N) is 3. The van der Waals surface area contributed by atoms with Gasteiger partial charge < -0.3 is 23.8 Å². The molecule has 36 heavy (non-hydrogen) atoms. The Morgan fingerprint density at radius 2 is 1.47 bits per heavy atom. The maximum Gasteiger partial charge on any atom is 0.410 e. The third-order valence-electron chi connectivity index (χ3n) is 7.04. The predicted octanol–water partition coefficient (Wildman–Crippen LogP) is 4.80. The van der Waals surface area contributed by atoms with Crippen molar-refractivity contribution in [1.82, 2.24) is 14.4 Å². The molecule has 8 heteroatoms. The van der Waals surface area contributed by atoms with E-state index in [0.29, 0.717) is 50.3 Å². The van der Waals surface area contributed by atoms with Crippen molar-refractivity contribution in [2.45, 2.75) is 58.1 Å². The number of ketones is 1. The first-order chi connectivity index (χ1) is 17.2. The molecule has 4 rings (SSSR count). The number of benzene rings is 1. The fourth-order valence-corrected chi connectivity index (χ4v) is 5.04. The van der Waals surface area contributed by atoms with Gasteiger partial charge in [0.05, 0.1) is 7.11 Å². The Bertz CT molecular complexity index is 1070. The maximum atomic E-state index is 13.4. The van der Waals surface area contributed by atoms with Crippen molar-refractivity contribution in [1.29, 1.82) is 0 Å². The number of rotatable bonds is 5. The van der Waals surface area contributed by atoms with Crippen molar-refractivity contribution in [3.8, 4) is 5.75 Å². The SMILES string of the molecule is COc1ccc(C(=O)C2CCN(C(=O)c3cccn3C3CCN(C(=O)OC(C)(C)C)CC3)CC2)cc1. The topological polar surface area (TPSA) is 81.1 Å². The highest BCUT2D eigenvalue weighted by atomic mass is 16.6. The molecule has 2 saturated heterocycles. The van der Waals surface area contributed by atoms with Crippen LogP contribution < -0.4 is 4.74 Å². The van der Waals surface area contributed by atoms with Gasteiger partial charge >= 0.3 is 6.09 Å². The molecule has 2 aromatic rings. The second-order valence-corrected chi connectivity index (χ2v) is 10.7. The van der Waals surface area contributed by atoms with Crippen LogP contribution in [0.5, 0.6) is 5.75 Å². The van der Waals surface area contributed by atoms with E-state index in [9.17, 15) is 14.4 Å². The lowest BCUT2D eigenvalue weighted by Gasteiger charge is -2.35. The van der Waals surface area contributed by atoms with Crippen LogP contribution in [0.25, 0.3) is 0 Å². The molecule has 2 aliphatic heterocycles. The number of piperidine rings is 2. The Labute approximate surface area is 213 Å². The van der Waals surface area contributed by atoms with Gasteiger partial charge in [-0.15, -0.1) is 0 Å². The number of likely N-dealkylation sites (tertiary alicyclic amines) is 2. The van der Waals surface area contributed by atoms with Crippen LogP contribution in [0.3, 0.4) is 0 Å². The number of methoxy groups -OCH3 is 1. The summed E-state index contributed by atoms with van der Waals surface area (Å²) < 4.78 is 12.7. The van der Waals surface area contributed by atoms with Gasteiger partial charge in [-0.25, -0.2) is 4.79 Å². The summed E-state index contributed by atoms with van der Waals surface area (Å²) in [4.78, 5) is 42.3. The summed E-state index contributed by atoms with van der Waals surface area (Å²) in [6.45, 7) is 7.93. The van der Waals surface area contributed by atoms with E-state index in [-0.39, 0.29) is 29.7 Å². The summed E-state index contributed by atoms with van der Waals surface area (Å²) in [5.41, 5.74) is 0.846. The second-order valence-electron chi connectivity index (χ2n) is 10.7. The average Bonchev–Trinajstić information content (AvgIpc) is 3.37. The first-order valence-electron chi connectivity index (χ1n) is 12.8. The predicted molar refractivity (Wildman–Crippen MR) is 136 cm³/mol. The minimum Gasteiger partial charge on any atom is -0.497 e. The highest BCUT2D eigenvalue weighted by molar-refractivity contribution is 5.98. The standard InChI is InChI=1S/C28H37N3O5/c1-28(2,3)36-27(34)30-18-13-22(14-19-30)31-15-5-6-24(31)26(33)29-16-11-21(12-17-29)25(32)20-7-9-23(35-4)10-8-20/h5-10,15,21-22H,11-14,16-19H2,1-4H3. The van der Waals surface area contributed by atoms with E-state index < -0.39 is 5.60 Å². The molecule has 0 saturated carbocycles. The molecule has 8 nitrogen and oxygen atoms in total. The molecular formula is C28H37N3O5. The van der Waals surface area contributed by atoms with E-state index in [4.69, 9.17) is 9.47 Å². The zero-order chi connectivity index (χ0) is 25.9. The minimum absolute atomic E-state index is 0.00455. The van der Waals surface area contributed by atoms with Crippen LogP contribution in [0, 0.1) is 5.92 Å². The van der Waals surface area contributed by atoms with Crippen molar-refractivity contribution in [2.75, 3.05) is 33.3 Å². The summed E-state index contributed by atoms with van der Waals surface area (Å²) in [7, 11) is 1.60. The van der Waals surface area contributed by atoms with Gasteiger partial charge in [-0.2, -0.15) is 0 Å². The largest absolute Gasteiger partial charge is 0.497 e. The van der Waals surface area contributed by atoms with E-state index >= 15 is 0 Å². The molecule has 0 radical (unpaired) electrons. The van der Waals surface area contributed by atoms with Gasteiger partial charge in [-0.3, -0.25) is 9.59 Å². The number of amides is 2. The molecule has 0 spiro atoms. The normalized spacial score (nSPS) is 17.7. The number of carbonyl (C=O) groups excluding carboxylic acids is 3. The number of aromatic nitrogens is 1. The van der Waals surface area contributed by atoms with Crippen LogP contribution in [0.15, 0.2) is 42.6 Å². The minimum atomic E-state index is -0.513. The van der Waals surface area contributed by atoms with Crippen LogP contribution in [0.4, 0.5) is 4.79 Å². The van der Waals surface area contributed by atoms with Crippen molar-refractivity contribution >= 4 is 17.8 Å². The van der Waals surface area contributed by atoms with E-state index in [2.05, 4.69) is 4.57 Å². The molecule has 3 heterocycles. The van der Waals surface area contributed by atoms with Gasteiger partial charge in [0.2, 0.25) is 0 Å². The monoisotopic (exact) mass is 495 g/mol. The fraction of sp³-hybridized carbons (Fsp3) is 0.536. The molecule has 0 aliphatic carbocycles. The number of carbonyl (C=O) groups is 3. The van der Waals surface area contributed by atoms with Crippen molar-refractivity contribution in [3.05, 3.63) is 53.9 Å². The van der Waals surface area contributed by atoms with Crippen molar-refractivity contribution in [2.24, 2.45) is 5.92 Å². The Kier molecular flexibility index (Phi) is 7.71. The van der Waals surface area contributed by atoms with Crippen LogP contribution in [0.2, 0.25) is 0 Å². The molecule has 0 atom stereocenters. The van der Waals surface area contributed by atoms with Gasteiger partial charge in [0, 0.05) is 49.9 Å². The van der Waals surface area contributed by atoms with Gasteiger partial charge in [0.1, 0.15) is 17.0 Å². The van der Waals surface area contributed by atoms with Crippen molar-refractivity contribution < 1.29 is 23.9 Å². The van der Waals surface area contributed by atoms with Gasteiger partial charge in [0.25, 0.3) is 5.91 Å². The fourth-order valence-electron chi connectivity index (χ4n) is 5.04. The lowest BCUT2D eigenvalue weighted by atomic mass is 9.88. The molecule has 0 bridgehead atoms. The highest BCUT2D eigenvalue weighted by Crippen LogP contribution is 2.28. The van der Waals surface area contributed by atoms with Crippen LogP contribution >= 0.6 is 0 Å². The Morgan fingerprint density at radius 3 is 2.06 bits per heavy atom. The Balaban J connectivity index is 1.32. The van der Waals surface area contributed by atoms with Crippen LogP contribution in [0.1, 0.15) is 73.3 Å². The lowest BCUT2D eigenvalue weighted by Crippen LogP contribution is -2.43. The highest BCUT2D eigenvalue weighted by Gasteiger charge is 2.32. The van der Waals surface area contributed by atoms with Crippen LogP contribution in [-0.4, -0.2) is 71.0 Å². The summed E-state index contributed by atoms with van der Waals surface area (Å²) >= 11 is 0. The number of ether oxygens (including phenoxy) is 2. The first kappa shape index (κ1) is 25.8. The molecular weight excluding hydrogens is 458 g/mol. The zero-order valence-electron chi connectivity index (χ0n) is 21.7. The van der Waals surface area contributed by atoms with E-state index in [1.807, 2.05) is 44.0 Å². The van der Waals surface area contributed by atoms with E-state index in [0.717, 1.165) is 18.6 Å². The maximum absolute atomic E-state index is 13.4. The van der Waals surface area contributed by atoms with Crippen LogP contribution in [-0.2, 0) is 4.74 Å². The Hall–Kier alpha value is -3.29. The summed E-state index contributed by atoms with van der Waals surface area (Å²) in [6.07, 6.45) is 4.54. The molecule has 1 aromatic carbocycles.